The molecule has 0 unspecified atom stereocenters. The van der Waals surface area contributed by atoms with Crippen LogP contribution in [0, 0.1) is 5.92 Å². The zero-order chi connectivity index (χ0) is 14.6. The van der Waals surface area contributed by atoms with E-state index in [1.807, 2.05) is 6.92 Å². The largest absolute Gasteiger partial charge is 0.388 e. The van der Waals surface area contributed by atoms with Crippen molar-refractivity contribution >= 4 is 5.91 Å². The second-order valence-electron chi connectivity index (χ2n) is 6.69. The lowest BCUT2D eigenvalue weighted by Crippen LogP contribution is -2.59. The summed E-state index contributed by atoms with van der Waals surface area (Å²) in [5.74, 6) is 0.601. The maximum absolute atomic E-state index is 11.8. The quantitative estimate of drug-likeness (QED) is 0.675. The van der Waals surface area contributed by atoms with Gasteiger partial charge in [0.1, 0.15) is 6.61 Å². The van der Waals surface area contributed by atoms with Crippen molar-refractivity contribution in [3.05, 3.63) is 0 Å². The van der Waals surface area contributed by atoms with Crippen LogP contribution < -0.4 is 10.6 Å². The van der Waals surface area contributed by atoms with Gasteiger partial charge in [0.15, 0.2) is 0 Å². The van der Waals surface area contributed by atoms with Crippen LogP contribution in [0.4, 0.5) is 0 Å². The van der Waals surface area contributed by atoms with E-state index in [0.29, 0.717) is 6.54 Å². The number of hydrogen-bond acceptors (Lipinski definition) is 4. The summed E-state index contributed by atoms with van der Waals surface area (Å²) in [7, 11) is 0. The van der Waals surface area contributed by atoms with Crippen molar-refractivity contribution < 1.29 is 14.6 Å². The first kappa shape index (κ1) is 15.7. The lowest BCUT2D eigenvalue weighted by atomic mass is 9.78. The molecule has 1 saturated heterocycles. The molecule has 1 heterocycles. The summed E-state index contributed by atoms with van der Waals surface area (Å²) in [6.07, 6.45) is 4.87. The fourth-order valence-electron chi connectivity index (χ4n) is 2.93. The van der Waals surface area contributed by atoms with E-state index in [9.17, 15) is 9.90 Å². The molecule has 0 bridgehead atoms. The van der Waals surface area contributed by atoms with Crippen molar-refractivity contribution in [2.45, 2.75) is 57.2 Å². The molecule has 1 aliphatic carbocycles. The topological polar surface area (TPSA) is 70.6 Å². The summed E-state index contributed by atoms with van der Waals surface area (Å²) in [4.78, 5) is 11.8. The number of carbonyl (C=O) groups excluding carboxylic acids is 1. The smallest absolute Gasteiger partial charge is 0.246 e. The van der Waals surface area contributed by atoms with Crippen LogP contribution in [-0.2, 0) is 9.53 Å². The van der Waals surface area contributed by atoms with Crippen molar-refractivity contribution in [1.29, 1.82) is 0 Å². The van der Waals surface area contributed by atoms with Gasteiger partial charge in [0.2, 0.25) is 5.91 Å². The number of nitrogens with one attached hydrogen (secondary N) is 2. The van der Waals surface area contributed by atoms with E-state index < -0.39 is 5.60 Å². The van der Waals surface area contributed by atoms with Crippen LogP contribution in [0.3, 0.4) is 0 Å². The number of ether oxygens (including phenoxy) is 1. The lowest BCUT2D eigenvalue weighted by Gasteiger charge is -2.39. The van der Waals surface area contributed by atoms with Gasteiger partial charge in [0, 0.05) is 19.6 Å². The molecule has 20 heavy (non-hydrogen) atoms. The molecule has 5 heteroatoms. The van der Waals surface area contributed by atoms with E-state index in [1.165, 1.54) is 6.42 Å². The van der Waals surface area contributed by atoms with Crippen LogP contribution in [-0.4, -0.2) is 48.5 Å². The molecule has 1 saturated carbocycles. The Morgan fingerprint density at radius 3 is 2.55 bits per heavy atom. The van der Waals surface area contributed by atoms with Crippen molar-refractivity contribution in [2.75, 3.05) is 26.2 Å². The summed E-state index contributed by atoms with van der Waals surface area (Å²) in [6.45, 7) is 6.21. The van der Waals surface area contributed by atoms with Gasteiger partial charge in [0.25, 0.3) is 0 Å². The van der Waals surface area contributed by atoms with Gasteiger partial charge in [-0.3, -0.25) is 4.79 Å². The Morgan fingerprint density at radius 2 is 2.05 bits per heavy atom. The molecule has 0 aromatic carbocycles. The number of rotatable bonds is 6. The Hall–Kier alpha value is -0.650. The van der Waals surface area contributed by atoms with Crippen LogP contribution >= 0.6 is 0 Å². The number of aliphatic hydroxyl groups is 1. The monoisotopic (exact) mass is 284 g/mol. The van der Waals surface area contributed by atoms with Gasteiger partial charge in [-0.15, -0.1) is 0 Å². The van der Waals surface area contributed by atoms with E-state index >= 15 is 0 Å². The molecule has 5 nitrogen and oxygen atoms in total. The SMILES string of the molecule is CCC1CCC(O)(CNC(=O)COC2(C)CNC2)CC1. The number of hydrogen-bond donors (Lipinski definition) is 3. The maximum atomic E-state index is 11.8. The molecule has 116 valence electrons. The van der Waals surface area contributed by atoms with Crippen LogP contribution in [0.5, 0.6) is 0 Å². The third-order valence-corrected chi connectivity index (χ3v) is 4.78. The van der Waals surface area contributed by atoms with Gasteiger partial charge in [-0.05, 0) is 38.5 Å². The maximum Gasteiger partial charge on any atom is 0.246 e. The predicted molar refractivity (Wildman–Crippen MR) is 77.4 cm³/mol. The summed E-state index contributed by atoms with van der Waals surface area (Å²) >= 11 is 0. The minimum absolute atomic E-state index is 0.0752. The first-order valence-electron chi connectivity index (χ1n) is 7.78. The highest BCUT2D eigenvalue weighted by Crippen LogP contribution is 2.33. The van der Waals surface area contributed by atoms with Crippen LogP contribution in [0.1, 0.15) is 46.0 Å². The minimum Gasteiger partial charge on any atom is -0.388 e. The van der Waals surface area contributed by atoms with Gasteiger partial charge in [-0.2, -0.15) is 0 Å². The molecule has 2 rings (SSSR count). The van der Waals surface area contributed by atoms with Gasteiger partial charge < -0.3 is 20.5 Å². The first-order valence-corrected chi connectivity index (χ1v) is 7.78. The Morgan fingerprint density at radius 1 is 1.40 bits per heavy atom. The molecule has 2 fully saturated rings. The predicted octanol–water partition coefficient (Wildman–Crippen LogP) is 0.812. The summed E-state index contributed by atoms with van der Waals surface area (Å²) in [5.41, 5.74) is -0.920. The molecule has 1 aliphatic heterocycles. The van der Waals surface area contributed by atoms with Gasteiger partial charge in [-0.25, -0.2) is 0 Å². The summed E-state index contributed by atoms with van der Waals surface area (Å²) < 4.78 is 5.58. The molecule has 0 aromatic rings. The number of carbonyl (C=O) groups is 1. The van der Waals surface area contributed by atoms with Crippen molar-refractivity contribution in [3.8, 4) is 0 Å². The minimum atomic E-state index is -0.719. The van der Waals surface area contributed by atoms with E-state index in [4.69, 9.17) is 4.74 Å². The summed E-state index contributed by atoms with van der Waals surface area (Å²) in [5, 5.41) is 16.4. The fraction of sp³-hybridized carbons (Fsp3) is 0.933. The normalized spacial score (nSPS) is 32.5. The molecule has 0 radical (unpaired) electrons. The average Bonchev–Trinajstić information content (AvgIpc) is 2.42. The number of amides is 1. The third kappa shape index (κ3) is 4.17. The first-order chi connectivity index (χ1) is 9.45. The van der Waals surface area contributed by atoms with E-state index in [0.717, 1.165) is 44.7 Å². The highest BCUT2D eigenvalue weighted by Gasteiger charge is 2.34. The van der Waals surface area contributed by atoms with Crippen LogP contribution in [0.2, 0.25) is 0 Å². The Balaban J connectivity index is 1.65. The molecule has 0 aromatic heterocycles. The van der Waals surface area contributed by atoms with E-state index in [1.54, 1.807) is 0 Å². The zero-order valence-electron chi connectivity index (χ0n) is 12.7. The van der Waals surface area contributed by atoms with Crippen molar-refractivity contribution in [1.82, 2.24) is 10.6 Å². The Labute approximate surface area is 121 Å². The van der Waals surface area contributed by atoms with Crippen molar-refractivity contribution in [2.24, 2.45) is 5.92 Å². The molecule has 0 spiro atoms. The third-order valence-electron chi connectivity index (χ3n) is 4.78. The highest BCUT2D eigenvalue weighted by molar-refractivity contribution is 5.77. The van der Waals surface area contributed by atoms with E-state index in [-0.39, 0.29) is 18.1 Å². The molecule has 1 amide bonds. The highest BCUT2D eigenvalue weighted by atomic mass is 16.5. The molecule has 2 aliphatic rings. The summed E-state index contributed by atoms with van der Waals surface area (Å²) in [6, 6.07) is 0. The average molecular weight is 284 g/mol. The molecular formula is C15H28N2O3. The van der Waals surface area contributed by atoms with Gasteiger partial charge in [-0.1, -0.05) is 13.3 Å². The van der Waals surface area contributed by atoms with Crippen LogP contribution in [0.15, 0.2) is 0 Å². The lowest BCUT2D eigenvalue weighted by molar-refractivity contribution is -0.137. The second-order valence-corrected chi connectivity index (χ2v) is 6.69. The fourth-order valence-corrected chi connectivity index (χ4v) is 2.93. The Kier molecular flexibility index (Phi) is 5.04. The van der Waals surface area contributed by atoms with Gasteiger partial charge >= 0.3 is 0 Å². The Bertz CT molecular complexity index is 334. The zero-order valence-corrected chi connectivity index (χ0v) is 12.7. The standard InChI is InChI=1S/C15H28N2O3/c1-3-12-4-6-15(19,7-5-12)11-17-13(18)8-20-14(2)9-16-10-14/h12,16,19H,3-11H2,1-2H3,(H,17,18). The second kappa shape index (κ2) is 6.41. The van der Waals surface area contributed by atoms with Crippen LogP contribution in [0.25, 0.3) is 0 Å². The van der Waals surface area contributed by atoms with Gasteiger partial charge in [0.05, 0.1) is 11.2 Å². The molecule has 0 atom stereocenters. The molecule has 3 N–H and O–H groups in total. The molecular weight excluding hydrogens is 256 g/mol. The van der Waals surface area contributed by atoms with Crippen molar-refractivity contribution in [3.63, 3.8) is 0 Å². The van der Waals surface area contributed by atoms with E-state index in [2.05, 4.69) is 17.6 Å².